The summed E-state index contributed by atoms with van der Waals surface area (Å²) >= 11 is 0. The molecule has 24 aromatic rings. The highest BCUT2D eigenvalue weighted by Gasteiger charge is 2.46. The molecule has 10 heteroatoms. The van der Waals surface area contributed by atoms with Crippen LogP contribution in [0.1, 0.15) is 33.2 Å². The Balaban J connectivity index is 0.782. The maximum atomic E-state index is 9.51. The SMILES string of the molecule is [2H]c1c([2H])c([2H])c(-c2ccc(N3c4ccc(-c5cccc(-n6c7ccccc7c7cc8oc9ccccc9c8cc76)n5)cc4B4c5cc(-c6cc(-n7c8ccccc8c8ccccc87)cc(-n7c8ccccc8c8cc9oc%10ccccc%10c9cc87)n6)ccc5N(c5c(-c6ccccc6)cccc5-c5ccccc5)c5cc(C(C)(C)C)cc3c54)c(-c3ccccc3)c2)c([2H])c1[2H]. The minimum atomic E-state index is -0.529. The van der Waals surface area contributed by atoms with Gasteiger partial charge in [0.05, 0.1) is 68.4 Å². The number of hydrogen-bond acceptors (Lipinski definition) is 6. The van der Waals surface area contributed by atoms with Crippen molar-refractivity contribution in [2.24, 2.45) is 0 Å². The van der Waals surface area contributed by atoms with Gasteiger partial charge >= 0.3 is 0 Å². The molecule has 0 saturated heterocycles. The Morgan fingerprint density at radius 1 is 0.278 bits per heavy atom. The quantitative estimate of drug-likeness (QED) is 0.120. The van der Waals surface area contributed by atoms with Gasteiger partial charge in [-0.05, 0) is 182 Å². The van der Waals surface area contributed by atoms with E-state index in [1.54, 1.807) is 0 Å². The third kappa shape index (κ3) is 10.9. The van der Waals surface area contributed by atoms with Gasteiger partial charge in [-0.15, -0.1) is 0 Å². The maximum absolute atomic E-state index is 9.51. The molecule has 7 aromatic heterocycles. The Kier molecular flexibility index (Phi) is 14.6. The lowest BCUT2D eigenvalue weighted by Crippen LogP contribution is -2.61. The summed E-state index contributed by atoms with van der Waals surface area (Å²) in [5.74, 6) is 1.49. The number of pyridine rings is 2. The number of nitrogens with zero attached hydrogens (tertiary/aromatic N) is 7. The van der Waals surface area contributed by atoms with Gasteiger partial charge in [0.25, 0.3) is 6.71 Å². The summed E-state index contributed by atoms with van der Waals surface area (Å²) in [5.41, 5.74) is 29.4. The number of fused-ring (bicyclic) bond motifs is 19. The third-order valence-corrected chi connectivity index (χ3v) is 26.2. The van der Waals surface area contributed by atoms with Crippen LogP contribution in [0.25, 0.3) is 194 Å². The van der Waals surface area contributed by atoms with Crippen molar-refractivity contribution in [2.75, 3.05) is 9.80 Å². The molecule has 0 fully saturated rings. The number of anilines is 6. The van der Waals surface area contributed by atoms with E-state index in [4.69, 9.17) is 22.9 Å². The van der Waals surface area contributed by atoms with Crippen LogP contribution in [0.4, 0.5) is 34.1 Å². The Hall–Kier alpha value is -16.3. The lowest BCUT2D eigenvalue weighted by molar-refractivity contribution is 0.590. The Morgan fingerprint density at radius 2 is 0.722 bits per heavy atom. The van der Waals surface area contributed by atoms with Crippen LogP contribution in [0.3, 0.4) is 0 Å². The first kappa shape index (κ1) is 66.4. The second kappa shape index (κ2) is 27.6. The van der Waals surface area contributed by atoms with E-state index in [0.29, 0.717) is 5.56 Å². The molecule has 0 radical (unpaired) electrons. The zero-order valence-corrected chi connectivity index (χ0v) is 68.8. The molecule has 9 nitrogen and oxygen atoms in total. The summed E-state index contributed by atoms with van der Waals surface area (Å²) in [7, 11) is 0. The zero-order valence-electron chi connectivity index (χ0n) is 73.8. The molecule has 9 heterocycles. The highest BCUT2D eigenvalue weighted by molar-refractivity contribution is 7.00. The summed E-state index contributed by atoms with van der Waals surface area (Å²) < 4.78 is 66.2. The minimum absolute atomic E-state index is 0.116. The summed E-state index contributed by atoms with van der Waals surface area (Å²) in [4.78, 5) is 17.0. The van der Waals surface area contributed by atoms with Gasteiger partial charge in [-0.3, -0.25) is 9.13 Å². The number of para-hydroxylation sites is 7. The minimum Gasteiger partial charge on any atom is -0.456 e. The van der Waals surface area contributed by atoms with Crippen LogP contribution >= 0.6 is 0 Å². The van der Waals surface area contributed by atoms with E-state index in [0.717, 1.165) is 239 Å². The summed E-state index contributed by atoms with van der Waals surface area (Å²) in [6.45, 7) is 6.36. The largest absolute Gasteiger partial charge is 0.456 e. The van der Waals surface area contributed by atoms with Gasteiger partial charge in [0.1, 0.15) is 34.0 Å². The van der Waals surface area contributed by atoms with Crippen LogP contribution in [-0.4, -0.2) is 30.4 Å². The molecule has 2 aliphatic heterocycles. The Labute approximate surface area is 733 Å². The van der Waals surface area contributed by atoms with Crippen LogP contribution in [0, 0.1) is 0 Å². The molecule has 17 aromatic carbocycles. The van der Waals surface area contributed by atoms with E-state index in [-0.39, 0.29) is 17.6 Å². The van der Waals surface area contributed by atoms with Crippen LogP contribution in [0.15, 0.2) is 415 Å². The molecular formula is C116H76BN7O2. The first-order valence-corrected chi connectivity index (χ1v) is 42.9. The van der Waals surface area contributed by atoms with E-state index in [1.807, 2.05) is 54.6 Å². The molecule has 2 aliphatic rings. The lowest BCUT2D eigenvalue weighted by atomic mass is 9.33. The predicted octanol–water partition coefficient (Wildman–Crippen LogP) is 28.9. The van der Waals surface area contributed by atoms with Crippen molar-refractivity contribution in [1.82, 2.24) is 23.7 Å². The number of furan rings is 2. The van der Waals surface area contributed by atoms with Gasteiger partial charge in [0, 0.05) is 99.4 Å². The first-order chi connectivity index (χ1) is 64.2. The standard InChI is InChI=1S/C116H76BN7O2/c1-116(2,3)78-63-106-114-107(64-78)124(115-80(72-32-10-5-11-33-72)44-28-45-81(115)73-34-12-6-13-35-73)103-59-56-77(96-65-79(120-97-47-22-16-38-82(97)83-39-17-23-48-98(83)120)66-113(119-96)123-100-50-25-19-41-85(100)90-70-111-92(68-105(90)123)87-43-21-27-52-109(87)126-111)62-94(103)117(114)93-61-76(55-58-102(93)121(106)101-57-54-75(71-30-8-4-9-31-71)60-88(101)74-36-14-7-15-37-74)95-46-29-53-112(118-95)122-99-49-24-18-40-84(99)89-69-110-91(67-104(89)122)86-42-20-26-51-108(86)125-110/h4-70H,1-3H3/i4D,8D,9D,30D,31D. The smallest absolute Gasteiger partial charge is 0.252 e. The van der Waals surface area contributed by atoms with Crippen molar-refractivity contribution in [2.45, 2.75) is 26.2 Å². The van der Waals surface area contributed by atoms with Gasteiger partial charge in [0.2, 0.25) is 0 Å². The third-order valence-electron chi connectivity index (χ3n) is 26.2. The fraction of sp³-hybridized carbons (Fsp3) is 0.0345. The predicted molar refractivity (Wildman–Crippen MR) is 525 cm³/mol. The molecule has 0 atom stereocenters. The second-order valence-electron chi connectivity index (χ2n) is 34.3. The van der Waals surface area contributed by atoms with Crippen molar-refractivity contribution in [3.63, 3.8) is 0 Å². The van der Waals surface area contributed by atoms with E-state index in [2.05, 4.69) is 366 Å². The zero-order chi connectivity index (χ0) is 87.5. The molecule has 0 unspecified atom stereocenters. The van der Waals surface area contributed by atoms with Gasteiger partial charge in [-0.2, -0.15) is 0 Å². The highest BCUT2D eigenvalue weighted by atomic mass is 16.3. The summed E-state index contributed by atoms with van der Waals surface area (Å²) in [6.07, 6.45) is 0. The van der Waals surface area contributed by atoms with Gasteiger partial charge in [-0.1, -0.05) is 306 Å². The molecule has 590 valence electrons. The van der Waals surface area contributed by atoms with Crippen LogP contribution < -0.4 is 26.2 Å². The van der Waals surface area contributed by atoms with Gasteiger partial charge in [0.15, 0.2) is 0 Å². The Morgan fingerprint density at radius 3 is 1.28 bits per heavy atom. The molecule has 0 saturated carbocycles. The fourth-order valence-electron chi connectivity index (χ4n) is 20.5. The fourth-order valence-corrected chi connectivity index (χ4v) is 20.5. The van der Waals surface area contributed by atoms with Crippen molar-refractivity contribution in [3.8, 4) is 84.3 Å². The molecule has 0 aliphatic carbocycles. The molecule has 0 N–H and O–H groups in total. The summed E-state index contributed by atoms with van der Waals surface area (Å²) in [6, 6.07) is 133. The number of benzene rings is 17. The van der Waals surface area contributed by atoms with E-state index >= 15 is 0 Å². The maximum Gasteiger partial charge on any atom is 0.252 e. The lowest BCUT2D eigenvalue weighted by Gasteiger charge is -2.46. The number of aromatic nitrogens is 5. The van der Waals surface area contributed by atoms with Crippen LogP contribution in [0.2, 0.25) is 0 Å². The molecular weight excluding hydrogens is 1530 g/mol. The van der Waals surface area contributed by atoms with Crippen LogP contribution in [0.5, 0.6) is 0 Å². The average Bonchev–Trinajstić information content (AvgIpc) is 1.03. The van der Waals surface area contributed by atoms with Gasteiger partial charge in [-0.25, -0.2) is 9.97 Å². The summed E-state index contributed by atoms with van der Waals surface area (Å²) in [5, 5.41) is 10.7. The van der Waals surface area contributed by atoms with Gasteiger partial charge < -0.3 is 23.2 Å². The molecule has 0 amide bonds. The van der Waals surface area contributed by atoms with Crippen molar-refractivity contribution < 1.29 is 15.7 Å². The molecule has 126 heavy (non-hydrogen) atoms. The number of hydrogen-bond donors (Lipinski definition) is 0. The molecule has 26 rings (SSSR count). The van der Waals surface area contributed by atoms with E-state index < -0.39 is 30.3 Å². The molecule has 0 bridgehead atoms. The monoisotopic (exact) mass is 1610 g/mol. The second-order valence-corrected chi connectivity index (χ2v) is 34.3. The van der Waals surface area contributed by atoms with E-state index in [1.165, 1.54) is 0 Å². The topological polar surface area (TPSA) is 73.3 Å². The van der Waals surface area contributed by atoms with Crippen molar-refractivity contribution in [3.05, 3.63) is 412 Å². The van der Waals surface area contributed by atoms with Crippen molar-refractivity contribution >= 4 is 167 Å². The average molecular weight is 1620 g/mol. The Bertz CT molecular complexity index is 8880. The first-order valence-electron chi connectivity index (χ1n) is 45.4. The van der Waals surface area contributed by atoms with Crippen LogP contribution in [-0.2, 0) is 5.41 Å². The van der Waals surface area contributed by atoms with Crippen molar-refractivity contribution in [1.29, 1.82) is 0 Å². The highest BCUT2D eigenvalue weighted by Crippen LogP contribution is 2.54. The van der Waals surface area contributed by atoms with E-state index in [9.17, 15) is 2.74 Å². The number of rotatable bonds is 11. The molecule has 0 spiro atoms. The normalized spacial score (nSPS) is 13.2.